The predicted molar refractivity (Wildman–Crippen MR) is 64.9 cm³/mol. The lowest BCUT2D eigenvalue weighted by Gasteiger charge is -2.11. The van der Waals surface area contributed by atoms with Crippen molar-refractivity contribution in [1.82, 2.24) is 5.32 Å². The van der Waals surface area contributed by atoms with E-state index in [1.807, 2.05) is 0 Å². The zero-order valence-corrected chi connectivity index (χ0v) is 9.84. The summed E-state index contributed by atoms with van der Waals surface area (Å²) in [5.41, 5.74) is 0.0285. The maximum Gasteiger partial charge on any atom is 0.339 e. The lowest BCUT2D eigenvalue weighted by Crippen LogP contribution is -2.37. The van der Waals surface area contributed by atoms with E-state index in [2.05, 4.69) is 10.6 Å². The van der Waals surface area contributed by atoms with Crippen LogP contribution in [-0.4, -0.2) is 34.0 Å². The number of aromatic hydroxyl groups is 1. The highest BCUT2D eigenvalue weighted by molar-refractivity contribution is 5.99. The van der Waals surface area contributed by atoms with Crippen LogP contribution in [-0.2, 0) is 9.59 Å². The summed E-state index contributed by atoms with van der Waals surface area (Å²) in [6.45, 7) is 0. The monoisotopic (exact) mass is 264 g/mol. The van der Waals surface area contributed by atoms with Crippen molar-refractivity contribution in [3.63, 3.8) is 0 Å². The first-order valence-corrected chi connectivity index (χ1v) is 5.64. The van der Waals surface area contributed by atoms with Crippen molar-refractivity contribution in [3.8, 4) is 5.75 Å². The molecule has 100 valence electrons. The number of nitrogens with one attached hydrogen (secondary N) is 2. The number of carbonyl (C=O) groups is 3. The summed E-state index contributed by atoms with van der Waals surface area (Å²) in [6.07, 6.45) is 0.727. The van der Waals surface area contributed by atoms with Gasteiger partial charge < -0.3 is 20.8 Å². The van der Waals surface area contributed by atoms with Crippen molar-refractivity contribution >= 4 is 23.5 Å². The first-order chi connectivity index (χ1) is 8.97. The molecule has 19 heavy (non-hydrogen) atoms. The number of hydrogen-bond donors (Lipinski definition) is 4. The fourth-order valence-corrected chi connectivity index (χ4v) is 1.83. The summed E-state index contributed by atoms with van der Waals surface area (Å²) in [7, 11) is 0. The van der Waals surface area contributed by atoms with Gasteiger partial charge in [0.15, 0.2) is 0 Å². The fraction of sp³-hybridized carbons (Fsp3) is 0.250. The Morgan fingerprint density at radius 2 is 2.11 bits per heavy atom. The molecule has 1 aromatic rings. The average Bonchev–Trinajstić information content (AvgIpc) is 2.75. The quantitative estimate of drug-likeness (QED) is 0.627. The molecule has 2 rings (SSSR count). The molecule has 1 aromatic carbocycles. The van der Waals surface area contributed by atoms with E-state index in [1.54, 1.807) is 0 Å². The van der Waals surface area contributed by atoms with Gasteiger partial charge in [-0.3, -0.25) is 9.59 Å². The SMILES string of the molecule is O=C1CCC(C(=O)Nc2ccc(C(=O)O)c(O)c2)N1. The van der Waals surface area contributed by atoms with E-state index in [1.165, 1.54) is 12.1 Å². The minimum atomic E-state index is -1.25. The van der Waals surface area contributed by atoms with Gasteiger partial charge >= 0.3 is 5.97 Å². The molecule has 1 aliphatic heterocycles. The maximum absolute atomic E-state index is 11.8. The molecule has 0 saturated carbocycles. The molecule has 4 N–H and O–H groups in total. The molecular formula is C12H12N2O5. The highest BCUT2D eigenvalue weighted by atomic mass is 16.4. The first-order valence-electron chi connectivity index (χ1n) is 5.64. The standard InChI is InChI=1S/C12H12N2O5/c15-9-5-6(1-2-7(9)12(18)19)13-11(17)8-3-4-10(16)14-8/h1-2,5,8,15H,3-4H2,(H,13,17)(H,14,16)(H,18,19). The van der Waals surface area contributed by atoms with Gasteiger partial charge in [0.05, 0.1) is 0 Å². The average molecular weight is 264 g/mol. The van der Waals surface area contributed by atoms with E-state index in [4.69, 9.17) is 5.11 Å². The third-order valence-electron chi connectivity index (χ3n) is 2.81. The smallest absolute Gasteiger partial charge is 0.339 e. The Hall–Kier alpha value is -2.57. The zero-order valence-electron chi connectivity index (χ0n) is 9.84. The third kappa shape index (κ3) is 2.82. The lowest BCUT2D eigenvalue weighted by molar-refractivity contribution is -0.122. The van der Waals surface area contributed by atoms with E-state index in [9.17, 15) is 19.5 Å². The Bertz CT molecular complexity index is 555. The summed E-state index contributed by atoms with van der Waals surface area (Å²) in [5.74, 6) is -2.25. The van der Waals surface area contributed by atoms with Crippen molar-refractivity contribution in [2.45, 2.75) is 18.9 Å². The fourth-order valence-electron chi connectivity index (χ4n) is 1.83. The molecule has 1 aliphatic rings. The van der Waals surface area contributed by atoms with Crippen molar-refractivity contribution in [1.29, 1.82) is 0 Å². The molecule has 7 nitrogen and oxygen atoms in total. The van der Waals surface area contributed by atoms with Crippen LogP contribution >= 0.6 is 0 Å². The van der Waals surface area contributed by atoms with Gasteiger partial charge in [-0.25, -0.2) is 4.79 Å². The van der Waals surface area contributed by atoms with Crippen LogP contribution in [0.1, 0.15) is 23.2 Å². The number of carboxylic acids is 1. The second-order valence-corrected chi connectivity index (χ2v) is 4.19. The van der Waals surface area contributed by atoms with Crippen molar-refractivity contribution < 1.29 is 24.6 Å². The van der Waals surface area contributed by atoms with E-state index in [0.29, 0.717) is 12.8 Å². The van der Waals surface area contributed by atoms with E-state index in [-0.39, 0.29) is 17.2 Å². The van der Waals surface area contributed by atoms with Gasteiger partial charge in [0, 0.05) is 18.2 Å². The first kappa shape index (κ1) is 12.9. The van der Waals surface area contributed by atoms with Crippen LogP contribution in [0.4, 0.5) is 5.69 Å². The van der Waals surface area contributed by atoms with E-state index in [0.717, 1.165) is 6.07 Å². The number of aromatic carboxylic acids is 1. The molecular weight excluding hydrogens is 252 g/mol. The number of anilines is 1. The molecule has 0 aliphatic carbocycles. The largest absolute Gasteiger partial charge is 0.507 e. The molecule has 0 bridgehead atoms. The van der Waals surface area contributed by atoms with Gasteiger partial charge in [-0.05, 0) is 18.6 Å². The minimum absolute atomic E-state index is 0.177. The van der Waals surface area contributed by atoms with Gasteiger partial charge in [-0.1, -0.05) is 0 Å². The molecule has 1 fully saturated rings. The molecule has 1 saturated heterocycles. The Kier molecular flexibility index (Phi) is 3.37. The summed E-state index contributed by atoms with van der Waals surface area (Å²) >= 11 is 0. The van der Waals surface area contributed by atoms with Crippen LogP contribution in [0.5, 0.6) is 5.75 Å². The zero-order chi connectivity index (χ0) is 14.0. The molecule has 2 amide bonds. The van der Waals surface area contributed by atoms with Gasteiger partial charge in [0.25, 0.3) is 0 Å². The maximum atomic E-state index is 11.8. The summed E-state index contributed by atoms with van der Waals surface area (Å²) in [4.78, 5) is 33.5. The second kappa shape index (κ2) is 4.97. The summed E-state index contributed by atoms with van der Waals surface area (Å²) in [5, 5.41) is 23.2. The highest BCUT2D eigenvalue weighted by Gasteiger charge is 2.27. The van der Waals surface area contributed by atoms with Gasteiger partial charge in [-0.2, -0.15) is 0 Å². The predicted octanol–water partition coefficient (Wildman–Crippen LogP) is 0.308. The van der Waals surface area contributed by atoms with Crippen molar-refractivity contribution in [3.05, 3.63) is 23.8 Å². The van der Waals surface area contributed by atoms with Crippen LogP contribution < -0.4 is 10.6 Å². The highest BCUT2D eigenvalue weighted by Crippen LogP contribution is 2.22. The lowest BCUT2D eigenvalue weighted by atomic mass is 10.1. The molecule has 7 heteroatoms. The molecule has 1 atom stereocenters. The Labute approximate surface area is 108 Å². The Morgan fingerprint density at radius 3 is 2.63 bits per heavy atom. The van der Waals surface area contributed by atoms with Gasteiger partial charge in [0.1, 0.15) is 17.4 Å². The number of carboxylic acid groups (broad SMARTS) is 1. The van der Waals surface area contributed by atoms with Gasteiger partial charge in [-0.15, -0.1) is 0 Å². The van der Waals surface area contributed by atoms with Crippen LogP contribution in [0.15, 0.2) is 18.2 Å². The second-order valence-electron chi connectivity index (χ2n) is 4.19. The molecule has 0 aromatic heterocycles. The van der Waals surface area contributed by atoms with Crippen LogP contribution in [0.25, 0.3) is 0 Å². The summed E-state index contributed by atoms with van der Waals surface area (Å²) < 4.78 is 0. The van der Waals surface area contributed by atoms with E-state index < -0.39 is 23.7 Å². The molecule has 0 spiro atoms. The third-order valence-corrected chi connectivity index (χ3v) is 2.81. The molecule has 1 unspecified atom stereocenters. The number of hydrogen-bond acceptors (Lipinski definition) is 4. The number of rotatable bonds is 3. The van der Waals surface area contributed by atoms with Crippen LogP contribution in [0.3, 0.4) is 0 Å². The number of phenols is 1. The molecule has 1 heterocycles. The normalized spacial score (nSPS) is 17.9. The Morgan fingerprint density at radius 1 is 1.37 bits per heavy atom. The van der Waals surface area contributed by atoms with E-state index >= 15 is 0 Å². The number of amides is 2. The number of carbonyl (C=O) groups excluding carboxylic acids is 2. The van der Waals surface area contributed by atoms with Crippen LogP contribution in [0.2, 0.25) is 0 Å². The number of benzene rings is 1. The van der Waals surface area contributed by atoms with Crippen LogP contribution in [0, 0.1) is 0 Å². The van der Waals surface area contributed by atoms with Gasteiger partial charge in [0.2, 0.25) is 11.8 Å². The summed E-state index contributed by atoms with van der Waals surface area (Å²) in [6, 6.07) is 3.13. The minimum Gasteiger partial charge on any atom is -0.507 e. The van der Waals surface area contributed by atoms with Crippen molar-refractivity contribution in [2.75, 3.05) is 5.32 Å². The molecule has 0 radical (unpaired) electrons. The van der Waals surface area contributed by atoms with Crippen molar-refractivity contribution in [2.24, 2.45) is 0 Å². The topological polar surface area (TPSA) is 116 Å². The Balaban J connectivity index is 2.07.